The van der Waals surface area contributed by atoms with Crippen molar-refractivity contribution < 1.29 is 25.9 Å². The second-order valence-corrected chi connectivity index (χ2v) is 10.8. The highest BCUT2D eigenvalue weighted by Gasteiger charge is 2.41. The van der Waals surface area contributed by atoms with Crippen LogP contribution in [0.2, 0.25) is 0 Å². The minimum Gasteiger partial charge on any atom is -0.286 e. The van der Waals surface area contributed by atoms with Crippen molar-refractivity contribution in [3.8, 4) is 11.1 Å². The van der Waals surface area contributed by atoms with Gasteiger partial charge in [0, 0.05) is 5.41 Å². The molecule has 2 aromatic carbocycles. The molecule has 2 aromatic rings. The Balaban J connectivity index is 1.90. The lowest BCUT2D eigenvalue weighted by Gasteiger charge is -2.32. The Morgan fingerprint density at radius 2 is 1.00 bits per heavy atom. The van der Waals surface area contributed by atoms with Crippen LogP contribution in [-0.4, -0.2) is 37.4 Å². The van der Waals surface area contributed by atoms with Crippen molar-refractivity contribution in [3.63, 3.8) is 0 Å². The number of benzene rings is 2. The quantitative estimate of drug-likeness (QED) is 0.428. The van der Waals surface area contributed by atoms with E-state index in [-0.39, 0.29) is 16.9 Å². The van der Waals surface area contributed by atoms with Crippen molar-refractivity contribution in [1.29, 1.82) is 0 Å². The molecule has 6 nitrogen and oxygen atoms in total. The van der Waals surface area contributed by atoms with Crippen molar-refractivity contribution in [2.45, 2.75) is 43.9 Å². The summed E-state index contributed by atoms with van der Waals surface area (Å²) in [7, 11) is -7.98. The standard InChI is InChI=1S/C21H26O6S2/c22-28(23,24)15-7-5-13-21(14-6-8-16-29(25,26)27)19-11-3-1-9-17(19)18-10-2-4-12-20(18)21/h1-4,9-12H,5-8,13-16H2,(H,22,23,24)(H,25,26,27). The zero-order chi connectivity index (χ0) is 21.1. The van der Waals surface area contributed by atoms with E-state index < -0.39 is 20.2 Å². The first-order chi connectivity index (χ1) is 13.6. The van der Waals surface area contributed by atoms with E-state index in [1.807, 2.05) is 24.3 Å². The van der Waals surface area contributed by atoms with Crippen LogP contribution in [0.25, 0.3) is 11.1 Å². The molecule has 0 bridgehead atoms. The molecular weight excluding hydrogens is 412 g/mol. The van der Waals surface area contributed by atoms with E-state index in [1.54, 1.807) is 0 Å². The number of fused-ring (bicyclic) bond motifs is 3. The van der Waals surface area contributed by atoms with Crippen LogP contribution in [0.5, 0.6) is 0 Å². The van der Waals surface area contributed by atoms with E-state index in [4.69, 9.17) is 9.11 Å². The van der Waals surface area contributed by atoms with Gasteiger partial charge in [-0.1, -0.05) is 61.4 Å². The first kappa shape index (κ1) is 22.0. The van der Waals surface area contributed by atoms with Crippen molar-refractivity contribution in [1.82, 2.24) is 0 Å². The Kier molecular flexibility index (Phi) is 6.48. The molecule has 2 N–H and O–H groups in total. The Morgan fingerprint density at radius 3 is 1.38 bits per heavy atom. The predicted molar refractivity (Wildman–Crippen MR) is 113 cm³/mol. The molecule has 0 heterocycles. The molecule has 0 radical (unpaired) electrons. The predicted octanol–water partition coefficient (Wildman–Crippen LogP) is 4.07. The van der Waals surface area contributed by atoms with E-state index in [1.165, 1.54) is 11.1 Å². The van der Waals surface area contributed by atoms with Crippen LogP contribution in [0.3, 0.4) is 0 Å². The van der Waals surface area contributed by atoms with Gasteiger partial charge in [-0.2, -0.15) is 16.8 Å². The molecule has 0 fully saturated rings. The first-order valence-corrected chi connectivity index (χ1v) is 12.9. The largest absolute Gasteiger partial charge is 0.286 e. The molecule has 158 valence electrons. The summed E-state index contributed by atoms with van der Waals surface area (Å²) in [5.41, 5.74) is 4.28. The fraction of sp³-hybridized carbons (Fsp3) is 0.429. The van der Waals surface area contributed by atoms with E-state index in [9.17, 15) is 16.8 Å². The molecule has 0 aliphatic heterocycles. The van der Waals surface area contributed by atoms with Gasteiger partial charge in [-0.3, -0.25) is 9.11 Å². The molecule has 0 saturated heterocycles. The molecule has 0 atom stereocenters. The Hall–Kier alpha value is -1.74. The van der Waals surface area contributed by atoms with Gasteiger partial charge >= 0.3 is 0 Å². The highest BCUT2D eigenvalue weighted by molar-refractivity contribution is 7.86. The fourth-order valence-corrected chi connectivity index (χ4v) is 5.64. The number of hydrogen-bond donors (Lipinski definition) is 2. The third-order valence-electron chi connectivity index (χ3n) is 5.69. The van der Waals surface area contributed by atoms with E-state index in [0.717, 1.165) is 11.1 Å². The maximum absolute atomic E-state index is 11.1. The normalized spacial score (nSPS) is 15.1. The van der Waals surface area contributed by atoms with Gasteiger partial charge in [-0.05, 0) is 47.9 Å². The smallest absolute Gasteiger partial charge is 0.264 e. The van der Waals surface area contributed by atoms with Crippen LogP contribution in [0.4, 0.5) is 0 Å². The van der Waals surface area contributed by atoms with Crippen molar-refractivity contribution in [3.05, 3.63) is 59.7 Å². The lowest BCUT2D eigenvalue weighted by molar-refractivity contribution is 0.410. The van der Waals surface area contributed by atoms with Crippen molar-refractivity contribution in [2.24, 2.45) is 0 Å². The van der Waals surface area contributed by atoms with E-state index in [2.05, 4.69) is 24.3 Å². The molecule has 0 saturated carbocycles. The SMILES string of the molecule is O=S(=O)(O)CCCCC1(CCCCS(=O)(=O)O)c2ccccc2-c2ccccc21. The molecule has 1 aliphatic rings. The molecule has 8 heteroatoms. The Labute approximate surface area is 172 Å². The van der Waals surface area contributed by atoms with Gasteiger partial charge in [0.05, 0.1) is 11.5 Å². The molecule has 3 rings (SSSR count). The molecule has 0 amide bonds. The fourth-order valence-electron chi connectivity index (χ4n) is 4.50. The van der Waals surface area contributed by atoms with Gasteiger partial charge in [0.15, 0.2) is 0 Å². The highest BCUT2D eigenvalue weighted by Crippen LogP contribution is 2.53. The van der Waals surface area contributed by atoms with E-state index in [0.29, 0.717) is 38.5 Å². The Morgan fingerprint density at radius 1 is 0.621 bits per heavy atom. The third-order valence-corrected chi connectivity index (χ3v) is 7.30. The summed E-state index contributed by atoms with van der Waals surface area (Å²) in [6.07, 6.45) is 3.33. The lowest BCUT2D eigenvalue weighted by atomic mass is 9.71. The number of unbranched alkanes of at least 4 members (excludes halogenated alkanes) is 2. The van der Waals surface area contributed by atoms with Crippen LogP contribution in [-0.2, 0) is 25.7 Å². The van der Waals surface area contributed by atoms with Crippen LogP contribution >= 0.6 is 0 Å². The third kappa shape index (κ3) is 5.25. The maximum Gasteiger partial charge on any atom is 0.264 e. The van der Waals surface area contributed by atoms with Crippen molar-refractivity contribution in [2.75, 3.05) is 11.5 Å². The van der Waals surface area contributed by atoms with Gasteiger partial charge in [0.1, 0.15) is 0 Å². The van der Waals surface area contributed by atoms with Crippen LogP contribution < -0.4 is 0 Å². The molecule has 0 aromatic heterocycles. The number of hydrogen-bond acceptors (Lipinski definition) is 4. The van der Waals surface area contributed by atoms with Gasteiger partial charge < -0.3 is 0 Å². The van der Waals surface area contributed by atoms with Crippen molar-refractivity contribution >= 4 is 20.2 Å². The second-order valence-electron chi connectivity index (χ2n) is 7.66. The lowest BCUT2D eigenvalue weighted by Crippen LogP contribution is -2.26. The average Bonchev–Trinajstić information content (AvgIpc) is 2.92. The minimum atomic E-state index is -3.99. The minimum absolute atomic E-state index is 0.269. The summed E-state index contributed by atoms with van der Waals surface area (Å²) in [5.74, 6) is -0.537. The average molecular weight is 439 g/mol. The molecule has 0 unspecified atom stereocenters. The van der Waals surface area contributed by atoms with Crippen LogP contribution in [0.1, 0.15) is 49.7 Å². The molecule has 0 spiro atoms. The molecular formula is C21H26O6S2. The van der Waals surface area contributed by atoms with Gasteiger partial charge in [0.2, 0.25) is 0 Å². The molecule has 29 heavy (non-hydrogen) atoms. The zero-order valence-electron chi connectivity index (χ0n) is 16.1. The monoisotopic (exact) mass is 438 g/mol. The first-order valence-electron chi connectivity index (χ1n) is 9.72. The van der Waals surface area contributed by atoms with Gasteiger partial charge in [-0.25, -0.2) is 0 Å². The highest BCUT2D eigenvalue weighted by atomic mass is 32.2. The summed E-state index contributed by atoms with van der Waals surface area (Å²) in [6.45, 7) is 0. The van der Waals surface area contributed by atoms with Gasteiger partial charge in [-0.15, -0.1) is 0 Å². The van der Waals surface area contributed by atoms with E-state index >= 15 is 0 Å². The summed E-state index contributed by atoms with van der Waals surface area (Å²) >= 11 is 0. The van der Waals surface area contributed by atoms with Crippen LogP contribution in [0.15, 0.2) is 48.5 Å². The summed E-state index contributed by atoms with van der Waals surface area (Å²) in [5, 5.41) is 0. The summed E-state index contributed by atoms with van der Waals surface area (Å²) < 4.78 is 62.4. The summed E-state index contributed by atoms with van der Waals surface area (Å²) in [6, 6.07) is 16.3. The maximum atomic E-state index is 11.1. The topological polar surface area (TPSA) is 109 Å². The number of rotatable bonds is 10. The van der Waals surface area contributed by atoms with Crippen LogP contribution in [0, 0.1) is 0 Å². The zero-order valence-corrected chi connectivity index (χ0v) is 17.8. The van der Waals surface area contributed by atoms with Gasteiger partial charge in [0.25, 0.3) is 20.2 Å². The second kappa shape index (κ2) is 8.55. The summed E-state index contributed by atoms with van der Waals surface area (Å²) in [4.78, 5) is 0. The Bertz CT molecular complexity index is 986. The molecule has 1 aliphatic carbocycles.